The summed E-state index contributed by atoms with van der Waals surface area (Å²) in [6.45, 7) is 0. The lowest BCUT2D eigenvalue weighted by atomic mass is 10.1. The van der Waals surface area contributed by atoms with E-state index in [9.17, 15) is 4.79 Å². The zero-order valence-electron chi connectivity index (χ0n) is 8.31. The predicted molar refractivity (Wildman–Crippen MR) is 65.1 cm³/mol. The summed E-state index contributed by atoms with van der Waals surface area (Å²) in [5, 5.41) is 4.72. The van der Waals surface area contributed by atoms with Crippen LogP contribution in [0.25, 0.3) is 11.6 Å². The minimum atomic E-state index is -0.0609. The number of carbonyl (C=O) groups is 1. The van der Waals surface area contributed by atoms with Crippen LogP contribution in [0.1, 0.15) is 11.3 Å². The van der Waals surface area contributed by atoms with Gasteiger partial charge in [0.05, 0.1) is 11.3 Å². The third-order valence-electron chi connectivity index (χ3n) is 2.46. The molecule has 1 amide bonds. The van der Waals surface area contributed by atoms with Crippen molar-refractivity contribution in [2.45, 2.75) is 0 Å². The van der Waals surface area contributed by atoms with Crippen molar-refractivity contribution in [1.29, 1.82) is 0 Å². The number of para-hydroxylation sites is 1. The van der Waals surface area contributed by atoms with Gasteiger partial charge in [0.2, 0.25) is 0 Å². The van der Waals surface area contributed by atoms with Gasteiger partial charge in [0, 0.05) is 16.6 Å². The molecule has 78 valence electrons. The summed E-state index contributed by atoms with van der Waals surface area (Å²) >= 11 is 1.38. The maximum Gasteiger partial charge on any atom is 0.256 e. The van der Waals surface area contributed by atoms with E-state index in [-0.39, 0.29) is 5.91 Å². The molecule has 1 aliphatic rings. The van der Waals surface area contributed by atoms with Crippen molar-refractivity contribution in [2.75, 3.05) is 5.32 Å². The second-order valence-electron chi connectivity index (χ2n) is 3.48. The van der Waals surface area contributed by atoms with Gasteiger partial charge in [0.15, 0.2) is 0 Å². The number of anilines is 1. The highest BCUT2D eigenvalue weighted by Crippen LogP contribution is 2.32. The highest BCUT2D eigenvalue weighted by molar-refractivity contribution is 7.03. The van der Waals surface area contributed by atoms with Crippen LogP contribution in [0.15, 0.2) is 35.7 Å². The Morgan fingerprint density at radius 3 is 2.94 bits per heavy atom. The van der Waals surface area contributed by atoms with Crippen molar-refractivity contribution in [3.63, 3.8) is 0 Å². The van der Waals surface area contributed by atoms with Gasteiger partial charge in [-0.3, -0.25) is 4.79 Å². The van der Waals surface area contributed by atoms with Crippen molar-refractivity contribution < 1.29 is 4.79 Å². The van der Waals surface area contributed by atoms with Crippen LogP contribution in [0.4, 0.5) is 5.69 Å². The highest BCUT2D eigenvalue weighted by atomic mass is 32.1. The van der Waals surface area contributed by atoms with Crippen molar-refractivity contribution in [1.82, 2.24) is 4.37 Å². The normalized spacial score (nSPS) is 16.2. The van der Waals surface area contributed by atoms with Crippen molar-refractivity contribution in [3.8, 4) is 0 Å². The quantitative estimate of drug-likeness (QED) is 0.762. The molecule has 1 aromatic heterocycles. The van der Waals surface area contributed by atoms with E-state index in [4.69, 9.17) is 0 Å². The molecule has 4 heteroatoms. The molecule has 0 fully saturated rings. The molecule has 1 aliphatic heterocycles. The van der Waals surface area contributed by atoms with Gasteiger partial charge >= 0.3 is 0 Å². The number of fused-ring (bicyclic) bond motifs is 1. The Bertz CT molecular complexity index is 572. The number of aromatic nitrogens is 1. The lowest BCUT2D eigenvalue weighted by Gasteiger charge is -1.95. The molecular formula is C12H8N2OS. The van der Waals surface area contributed by atoms with E-state index in [1.165, 1.54) is 11.5 Å². The zero-order chi connectivity index (χ0) is 11.0. The first-order valence-corrected chi connectivity index (χ1v) is 5.71. The molecule has 2 aromatic rings. The number of hydrogen-bond donors (Lipinski definition) is 1. The number of benzene rings is 1. The largest absolute Gasteiger partial charge is 0.321 e. The monoisotopic (exact) mass is 228 g/mol. The summed E-state index contributed by atoms with van der Waals surface area (Å²) < 4.78 is 4.17. The Labute approximate surface area is 96.6 Å². The maximum atomic E-state index is 11.8. The van der Waals surface area contributed by atoms with E-state index in [2.05, 4.69) is 9.69 Å². The lowest BCUT2D eigenvalue weighted by Crippen LogP contribution is -2.03. The van der Waals surface area contributed by atoms with Crippen molar-refractivity contribution in [3.05, 3.63) is 47.0 Å². The Morgan fingerprint density at radius 2 is 2.12 bits per heavy atom. The summed E-state index contributed by atoms with van der Waals surface area (Å²) in [6, 6.07) is 9.56. The Morgan fingerprint density at radius 1 is 1.25 bits per heavy atom. The SMILES string of the molecule is O=C1Nc2ccccc2C1=Cc1ccsn1. The van der Waals surface area contributed by atoms with Gasteiger partial charge in [-0.05, 0) is 29.7 Å². The number of hydrogen-bond acceptors (Lipinski definition) is 3. The molecule has 0 unspecified atom stereocenters. The third-order valence-corrected chi connectivity index (χ3v) is 3.03. The van der Waals surface area contributed by atoms with Gasteiger partial charge in [0.1, 0.15) is 0 Å². The fourth-order valence-corrected chi connectivity index (χ4v) is 2.22. The van der Waals surface area contributed by atoms with Crippen LogP contribution in [-0.2, 0) is 4.79 Å². The van der Waals surface area contributed by atoms with E-state index in [0.29, 0.717) is 5.57 Å². The molecule has 0 bridgehead atoms. The topological polar surface area (TPSA) is 42.0 Å². The molecule has 3 rings (SSSR count). The predicted octanol–water partition coefficient (Wildman–Crippen LogP) is 2.64. The molecule has 0 radical (unpaired) electrons. The molecule has 1 N–H and O–H groups in total. The summed E-state index contributed by atoms with van der Waals surface area (Å²) in [5.41, 5.74) is 3.32. The number of rotatable bonds is 1. The van der Waals surface area contributed by atoms with Gasteiger partial charge in [-0.2, -0.15) is 4.37 Å². The smallest absolute Gasteiger partial charge is 0.256 e. The first kappa shape index (κ1) is 9.30. The average Bonchev–Trinajstić information content (AvgIpc) is 2.89. The maximum absolute atomic E-state index is 11.8. The molecule has 0 spiro atoms. The van der Waals surface area contributed by atoms with Crippen LogP contribution >= 0.6 is 11.5 Å². The Balaban J connectivity index is 2.12. The molecule has 0 saturated heterocycles. The number of carbonyl (C=O) groups excluding carboxylic acids is 1. The summed E-state index contributed by atoms with van der Waals surface area (Å²) in [6.07, 6.45) is 1.82. The Hall–Kier alpha value is -1.94. The molecule has 0 saturated carbocycles. The molecule has 3 nitrogen and oxygen atoms in total. The van der Waals surface area contributed by atoms with Crippen molar-refractivity contribution in [2.24, 2.45) is 0 Å². The fourth-order valence-electron chi connectivity index (χ4n) is 1.73. The summed E-state index contributed by atoms with van der Waals surface area (Å²) in [4.78, 5) is 11.8. The van der Waals surface area contributed by atoms with E-state index in [1.54, 1.807) is 0 Å². The van der Waals surface area contributed by atoms with Gasteiger partial charge in [-0.15, -0.1) is 0 Å². The van der Waals surface area contributed by atoms with Gasteiger partial charge in [-0.1, -0.05) is 18.2 Å². The molecule has 0 atom stereocenters. The van der Waals surface area contributed by atoms with Gasteiger partial charge in [-0.25, -0.2) is 0 Å². The second kappa shape index (κ2) is 3.57. The van der Waals surface area contributed by atoms with Crippen LogP contribution < -0.4 is 5.32 Å². The standard InChI is InChI=1S/C12H8N2OS/c15-12-10(7-8-5-6-16-14-8)9-3-1-2-4-11(9)13-12/h1-7H,(H,13,15). The van der Waals surface area contributed by atoms with Gasteiger partial charge < -0.3 is 5.32 Å². The number of amides is 1. The van der Waals surface area contributed by atoms with Crippen LogP contribution in [0.3, 0.4) is 0 Å². The lowest BCUT2D eigenvalue weighted by molar-refractivity contribution is -0.110. The van der Waals surface area contributed by atoms with Crippen LogP contribution in [-0.4, -0.2) is 10.3 Å². The van der Waals surface area contributed by atoms with E-state index in [0.717, 1.165) is 16.9 Å². The minimum absolute atomic E-state index is 0.0609. The first-order chi connectivity index (χ1) is 7.84. The van der Waals surface area contributed by atoms with E-state index >= 15 is 0 Å². The van der Waals surface area contributed by atoms with Crippen LogP contribution in [0, 0.1) is 0 Å². The molecule has 1 aromatic carbocycles. The third kappa shape index (κ3) is 1.44. The Kier molecular flexibility index (Phi) is 2.08. The minimum Gasteiger partial charge on any atom is -0.321 e. The summed E-state index contributed by atoms with van der Waals surface area (Å²) in [5.74, 6) is -0.0609. The van der Waals surface area contributed by atoms with Crippen LogP contribution in [0.2, 0.25) is 0 Å². The zero-order valence-corrected chi connectivity index (χ0v) is 9.12. The van der Waals surface area contributed by atoms with E-state index in [1.807, 2.05) is 41.8 Å². The molecule has 16 heavy (non-hydrogen) atoms. The van der Waals surface area contributed by atoms with Crippen molar-refractivity contribution >= 4 is 34.8 Å². The summed E-state index contributed by atoms with van der Waals surface area (Å²) in [7, 11) is 0. The average molecular weight is 228 g/mol. The second-order valence-corrected chi connectivity index (χ2v) is 4.15. The highest BCUT2D eigenvalue weighted by Gasteiger charge is 2.23. The fraction of sp³-hybridized carbons (Fsp3) is 0. The first-order valence-electron chi connectivity index (χ1n) is 4.87. The van der Waals surface area contributed by atoms with Crippen LogP contribution in [0.5, 0.6) is 0 Å². The van der Waals surface area contributed by atoms with Gasteiger partial charge in [0.25, 0.3) is 5.91 Å². The van der Waals surface area contributed by atoms with E-state index < -0.39 is 0 Å². The molecular weight excluding hydrogens is 220 g/mol. The molecule has 2 heterocycles. The molecule has 0 aliphatic carbocycles. The number of nitrogens with zero attached hydrogens (tertiary/aromatic N) is 1. The number of nitrogens with one attached hydrogen (secondary N) is 1.